The Morgan fingerprint density at radius 2 is 2.03 bits per heavy atom. The summed E-state index contributed by atoms with van der Waals surface area (Å²) in [5, 5.41) is 11.0. The number of carbonyl (C=O) groups is 1. The molecule has 34 heavy (non-hydrogen) atoms. The summed E-state index contributed by atoms with van der Waals surface area (Å²) in [6.45, 7) is -0.285. The number of sulfonamides is 1. The number of nitrogens with one attached hydrogen (secondary N) is 2. The van der Waals surface area contributed by atoms with Crippen molar-refractivity contribution < 1.29 is 22.3 Å². The fourth-order valence-electron chi connectivity index (χ4n) is 2.64. The van der Waals surface area contributed by atoms with E-state index < -0.39 is 26.9 Å². The third-order valence-corrected chi connectivity index (χ3v) is 7.13. The van der Waals surface area contributed by atoms with Crippen LogP contribution in [-0.4, -0.2) is 42.7 Å². The van der Waals surface area contributed by atoms with Crippen LogP contribution in [0.3, 0.4) is 0 Å². The summed E-state index contributed by atoms with van der Waals surface area (Å²) in [6, 6.07) is 9.10. The standard InChI is InChI=1S/C20H15BrCl2FN5O4S/c1-29(2)34(31,32)20-27-16(18(23)28-20)19(30)26-9-11-3-4-14(21)17(15(11)24)33-13-6-10(8-25)5-12(22)7-13/h3-7H,9H2,1-2H3,(H,26,30)(H,27,28). The van der Waals surface area contributed by atoms with Gasteiger partial charge < -0.3 is 15.0 Å². The lowest BCUT2D eigenvalue weighted by atomic mass is 10.2. The van der Waals surface area contributed by atoms with Gasteiger partial charge in [0.25, 0.3) is 15.9 Å². The molecule has 3 rings (SSSR count). The molecule has 2 N–H and O–H groups in total. The van der Waals surface area contributed by atoms with Crippen molar-refractivity contribution in [3.8, 4) is 17.6 Å². The minimum atomic E-state index is -3.94. The van der Waals surface area contributed by atoms with Gasteiger partial charge in [-0.2, -0.15) is 5.26 Å². The molecule has 14 heteroatoms. The number of aromatic nitrogens is 2. The van der Waals surface area contributed by atoms with E-state index in [1.807, 2.05) is 6.07 Å². The summed E-state index contributed by atoms with van der Waals surface area (Å²) in [5.41, 5.74) is -0.0742. The Kier molecular flexibility index (Phi) is 7.84. The van der Waals surface area contributed by atoms with Crippen LogP contribution in [0.25, 0.3) is 0 Å². The van der Waals surface area contributed by atoms with Crippen LogP contribution in [0.1, 0.15) is 21.6 Å². The Bertz CT molecular complexity index is 1420. The van der Waals surface area contributed by atoms with Gasteiger partial charge in [0, 0.05) is 31.2 Å². The first-order valence-electron chi connectivity index (χ1n) is 9.25. The van der Waals surface area contributed by atoms with Gasteiger partial charge in [0.1, 0.15) is 10.9 Å². The topological polar surface area (TPSA) is 128 Å². The fourth-order valence-corrected chi connectivity index (χ4v) is 4.31. The number of benzene rings is 2. The molecule has 1 amide bonds. The Balaban J connectivity index is 1.82. The largest absolute Gasteiger partial charge is 0.453 e. The fraction of sp³-hybridized carbons (Fsp3) is 0.150. The maximum absolute atomic E-state index is 15.1. The molecule has 0 aliphatic heterocycles. The Labute approximate surface area is 212 Å². The minimum Gasteiger partial charge on any atom is -0.453 e. The molecule has 0 spiro atoms. The number of hydrogen-bond acceptors (Lipinski definition) is 6. The highest BCUT2D eigenvalue weighted by molar-refractivity contribution is 9.10. The first kappa shape index (κ1) is 25.9. The van der Waals surface area contributed by atoms with E-state index in [1.165, 1.54) is 44.4 Å². The van der Waals surface area contributed by atoms with Crippen LogP contribution >= 0.6 is 39.1 Å². The van der Waals surface area contributed by atoms with Crippen LogP contribution < -0.4 is 10.1 Å². The van der Waals surface area contributed by atoms with Gasteiger partial charge in [0.2, 0.25) is 5.16 Å². The lowest BCUT2D eigenvalue weighted by molar-refractivity contribution is 0.0946. The SMILES string of the molecule is CN(C)S(=O)(=O)c1nc(C(=O)NCc2ccc(Br)c(Oc3cc(Cl)cc(C#N)c3)c2F)c(Cl)[nH]1. The van der Waals surface area contributed by atoms with E-state index in [0.29, 0.717) is 0 Å². The van der Waals surface area contributed by atoms with Gasteiger partial charge >= 0.3 is 0 Å². The second-order valence-corrected chi connectivity index (χ2v) is 10.6. The molecule has 1 aromatic heterocycles. The number of ether oxygens (including phenoxy) is 1. The van der Waals surface area contributed by atoms with Crippen LogP contribution in [0.15, 0.2) is 40.0 Å². The Morgan fingerprint density at radius 1 is 1.32 bits per heavy atom. The normalized spacial score (nSPS) is 11.4. The van der Waals surface area contributed by atoms with E-state index in [4.69, 9.17) is 33.2 Å². The quantitative estimate of drug-likeness (QED) is 0.418. The first-order valence-corrected chi connectivity index (χ1v) is 12.2. The number of carbonyl (C=O) groups excluding carboxylic acids is 1. The van der Waals surface area contributed by atoms with E-state index >= 15 is 4.39 Å². The van der Waals surface area contributed by atoms with E-state index in [0.717, 1.165) is 4.31 Å². The zero-order valence-corrected chi connectivity index (χ0v) is 21.4. The van der Waals surface area contributed by atoms with E-state index in [-0.39, 0.29) is 49.5 Å². The molecular formula is C20H15BrCl2FN5O4S. The van der Waals surface area contributed by atoms with Crippen molar-refractivity contribution in [3.63, 3.8) is 0 Å². The zero-order valence-electron chi connectivity index (χ0n) is 17.5. The number of halogens is 4. The molecule has 0 unspecified atom stereocenters. The minimum absolute atomic E-state index is 0.0573. The lowest BCUT2D eigenvalue weighted by Crippen LogP contribution is -2.25. The number of nitrogens with zero attached hydrogens (tertiary/aromatic N) is 3. The van der Waals surface area contributed by atoms with Crippen molar-refractivity contribution in [3.05, 3.63) is 67.6 Å². The second kappa shape index (κ2) is 10.3. The molecule has 3 aromatic rings. The predicted octanol–water partition coefficient (Wildman–Crippen LogP) is 4.46. The average Bonchev–Trinajstić information content (AvgIpc) is 3.17. The highest BCUT2D eigenvalue weighted by Gasteiger charge is 2.26. The zero-order chi connectivity index (χ0) is 25.2. The summed E-state index contributed by atoms with van der Waals surface area (Å²) in [6.07, 6.45) is 0. The highest BCUT2D eigenvalue weighted by atomic mass is 79.9. The molecule has 1 heterocycles. The first-order chi connectivity index (χ1) is 15.9. The van der Waals surface area contributed by atoms with E-state index in [1.54, 1.807) is 0 Å². The lowest BCUT2D eigenvalue weighted by Gasteiger charge is -2.13. The van der Waals surface area contributed by atoms with Gasteiger partial charge in [-0.3, -0.25) is 4.79 Å². The predicted molar refractivity (Wildman–Crippen MR) is 126 cm³/mol. The maximum Gasteiger partial charge on any atom is 0.276 e. The van der Waals surface area contributed by atoms with Crippen molar-refractivity contribution in [1.29, 1.82) is 5.26 Å². The molecule has 0 fully saturated rings. The smallest absolute Gasteiger partial charge is 0.276 e. The van der Waals surface area contributed by atoms with Crippen LogP contribution in [0.5, 0.6) is 11.5 Å². The second-order valence-electron chi connectivity index (χ2n) is 6.91. The molecule has 0 radical (unpaired) electrons. The van der Waals surface area contributed by atoms with E-state index in [9.17, 15) is 13.2 Å². The number of H-pyrrole nitrogens is 1. The number of hydrogen-bond donors (Lipinski definition) is 2. The summed E-state index contributed by atoms with van der Waals surface area (Å²) in [5.74, 6) is -1.64. The number of aromatic amines is 1. The molecule has 2 aromatic carbocycles. The Morgan fingerprint density at radius 3 is 2.68 bits per heavy atom. The van der Waals surface area contributed by atoms with Crippen molar-refractivity contribution in [2.24, 2.45) is 0 Å². The molecule has 0 aliphatic rings. The van der Waals surface area contributed by atoms with Crippen molar-refractivity contribution in [1.82, 2.24) is 19.6 Å². The molecule has 0 saturated heterocycles. The van der Waals surface area contributed by atoms with Gasteiger partial charge in [-0.15, -0.1) is 0 Å². The number of imidazole rings is 1. The molecule has 0 bridgehead atoms. The van der Waals surface area contributed by atoms with Crippen molar-refractivity contribution >= 4 is 55.1 Å². The van der Waals surface area contributed by atoms with Gasteiger partial charge in [-0.1, -0.05) is 29.3 Å². The molecule has 0 atom stereocenters. The Hall–Kier alpha value is -2.69. The third-order valence-electron chi connectivity index (χ3n) is 4.37. The summed E-state index contributed by atoms with van der Waals surface area (Å²) in [4.78, 5) is 18.6. The highest BCUT2D eigenvalue weighted by Crippen LogP contribution is 2.35. The van der Waals surface area contributed by atoms with E-state index in [2.05, 4.69) is 31.2 Å². The van der Waals surface area contributed by atoms with Crippen molar-refractivity contribution in [2.75, 3.05) is 14.1 Å². The van der Waals surface area contributed by atoms with Gasteiger partial charge in [0.05, 0.1) is 16.1 Å². The number of rotatable bonds is 7. The number of amides is 1. The van der Waals surface area contributed by atoms with Crippen LogP contribution in [-0.2, 0) is 16.6 Å². The molecule has 0 aliphatic carbocycles. The summed E-state index contributed by atoms with van der Waals surface area (Å²) < 4.78 is 46.3. The van der Waals surface area contributed by atoms with Gasteiger partial charge in [-0.25, -0.2) is 22.1 Å². The number of nitriles is 1. The van der Waals surface area contributed by atoms with Gasteiger partial charge in [-0.05, 0) is 40.2 Å². The monoisotopic (exact) mass is 589 g/mol. The average molecular weight is 591 g/mol. The van der Waals surface area contributed by atoms with Crippen molar-refractivity contribution in [2.45, 2.75) is 11.7 Å². The maximum atomic E-state index is 15.1. The molecular weight excluding hydrogens is 576 g/mol. The third kappa shape index (κ3) is 5.51. The molecule has 178 valence electrons. The van der Waals surface area contributed by atoms with Crippen LogP contribution in [0.2, 0.25) is 10.2 Å². The molecule has 0 saturated carbocycles. The summed E-state index contributed by atoms with van der Waals surface area (Å²) in [7, 11) is -1.35. The summed E-state index contributed by atoms with van der Waals surface area (Å²) >= 11 is 15.1. The molecule has 9 nitrogen and oxygen atoms in total. The van der Waals surface area contributed by atoms with Gasteiger partial charge in [0.15, 0.2) is 17.3 Å². The van der Waals surface area contributed by atoms with Crippen LogP contribution in [0, 0.1) is 17.1 Å². The van der Waals surface area contributed by atoms with Crippen LogP contribution in [0.4, 0.5) is 4.39 Å².